The van der Waals surface area contributed by atoms with E-state index in [1.165, 1.54) is 0 Å². The molecule has 0 aliphatic carbocycles. The van der Waals surface area contributed by atoms with E-state index in [0.29, 0.717) is 5.56 Å². The molecule has 0 spiro atoms. The topological polar surface area (TPSA) is 79.5 Å². The van der Waals surface area contributed by atoms with E-state index in [9.17, 15) is 14.7 Å². The van der Waals surface area contributed by atoms with Gasteiger partial charge in [-0.3, -0.25) is 4.79 Å². The zero-order valence-electron chi connectivity index (χ0n) is 10.8. The minimum atomic E-state index is -1.03. The summed E-state index contributed by atoms with van der Waals surface area (Å²) in [6.45, 7) is 1.91. The van der Waals surface area contributed by atoms with Crippen LogP contribution in [0.2, 0.25) is 0 Å². The first kappa shape index (κ1) is 13.1. The van der Waals surface area contributed by atoms with Gasteiger partial charge in [-0.2, -0.15) is 0 Å². The van der Waals surface area contributed by atoms with Gasteiger partial charge in [-0.1, -0.05) is 18.2 Å². The smallest absolute Gasteiger partial charge is 0.352 e. The summed E-state index contributed by atoms with van der Waals surface area (Å²) in [7, 11) is 1.70. The maximum atomic E-state index is 11.4. The highest BCUT2D eigenvalue weighted by molar-refractivity contribution is 5.99. The summed E-state index contributed by atoms with van der Waals surface area (Å²) in [5.41, 5.74) is 2.59. The van der Waals surface area contributed by atoms with E-state index in [0.717, 1.165) is 16.5 Å². The summed E-state index contributed by atoms with van der Waals surface area (Å²) in [6.07, 6.45) is 0.144. The van der Waals surface area contributed by atoms with Crippen molar-refractivity contribution in [2.75, 3.05) is 0 Å². The molecule has 0 fully saturated rings. The van der Waals surface area contributed by atoms with Gasteiger partial charge in [0.15, 0.2) is 0 Å². The van der Waals surface area contributed by atoms with Gasteiger partial charge in [0, 0.05) is 18.9 Å². The van der Waals surface area contributed by atoms with Gasteiger partial charge >= 0.3 is 11.9 Å². The number of hydrogen-bond acceptors (Lipinski definition) is 2. The van der Waals surface area contributed by atoms with Gasteiger partial charge in [0.05, 0.1) is 5.52 Å². The van der Waals surface area contributed by atoms with Crippen LogP contribution in [0.15, 0.2) is 18.2 Å². The Hall–Kier alpha value is -2.30. The maximum absolute atomic E-state index is 11.4. The molecular weight excluding hydrogens is 246 g/mol. The standard InChI is InChI=1S/C14H15NO4/c1-8-4-3-5-9-10(6-7-11(16)17)13(14(18)19)15(2)12(8)9/h3-5H,6-7H2,1-2H3,(H,16,17)(H,18,19). The molecule has 0 atom stereocenters. The van der Waals surface area contributed by atoms with Crippen molar-refractivity contribution in [1.29, 1.82) is 0 Å². The number of rotatable bonds is 4. The van der Waals surface area contributed by atoms with E-state index in [1.54, 1.807) is 11.6 Å². The van der Waals surface area contributed by atoms with Crippen LogP contribution < -0.4 is 0 Å². The number of carboxylic acids is 2. The Morgan fingerprint density at radius 2 is 1.95 bits per heavy atom. The lowest BCUT2D eigenvalue weighted by Crippen LogP contribution is -2.08. The van der Waals surface area contributed by atoms with Gasteiger partial charge < -0.3 is 14.8 Å². The number of fused-ring (bicyclic) bond motifs is 1. The Kier molecular flexibility index (Phi) is 3.29. The van der Waals surface area contributed by atoms with Crippen LogP contribution in [0.1, 0.15) is 28.0 Å². The second-order valence-corrected chi connectivity index (χ2v) is 4.56. The molecule has 100 valence electrons. The number of carboxylic acid groups (broad SMARTS) is 2. The van der Waals surface area contributed by atoms with E-state index in [2.05, 4.69) is 0 Å². The molecule has 0 aliphatic rings. The lowest BCUT2D eigenvalue weighted by molar-refractivity contribution is -0.136. The highest BCUT2D eigenvalue weighted by Crippen LogP contribution is 2.28. The number of aromatic nitrogens is 1. The van der Waals surface area contributed by atoms with Gasteiger partial charge in [0.1, 0.15) is 5.69 Å². The van der Waals surface area contributed by atoms with Gasteiger partial charge in [-0.15, -0.1) is 0 Å². The van der Waals surface area contributed by atoms with Crippen molar-refractivity contribution in [2.45, 2.75) is 19.8 Å². The van der Waals surface area contributed by atoms with Crippen LogP contribution in [0, 0.1) is 6.92 Å². The molecule has 1 heterocycles. The first-order chi connectivity index (χ1) is 8.93. The largest absolute Gasteiger partial charge is 0.481 e. The van der Waals surface area contributed by atoms with E-state index >= 15 is 0 Å². The van der Waals surface area contributed by atoms with Crippen molar-refractivity contribution in [3.05, 3.63) is 35.0 Å². The van der Waals surface area contributed by atoms with Crippen molar-refractivity contribution >= 4 is 22.8 Å². The zero-order chi connectivity index (χ0) is 14.2. The predicted molar refractivity (Wildman–Crippen MR) is 70.6 cm³/mol. The Morgan fingerprint density at radius 1 is 1.26 bits per heavy atom. The Labute approximate surface area is 110 Å². The summed E-state index contributed by atoms with van der Waals surface area (Å²) in [4.78, 5) is 22.1. The molecule has 5 heteroatoms. The summed E-state index contributed by atoms with van der Waals surface area (Å²) >= 11 is 0. The second-order valence-electron chi connectivity index (χ2n) is 4.56. The van der Waals surface area contributed by atoms with Crippen molar-refractivity contribution in [3.8, 4) is 0 Å². The number of carbonyl (C=O) groups is 2. The highest BCUT2D eigenvalue weighted by atomic mass is 16.4. The third-order valence-corrected chi connectivity index (χ3v) is 3.31. The third-order valence-electron chi connectivity index (χ3n) is 3.31. The lowest BCUT2D eigenvalue weighted by atomic mass is 10.0. The van der Waals surface area contributed by atoms with E-state index in [-0.39, 0.29) is 18.5 Å². The number of para-hydroxylation sites is 1. The van der Waals surface area contributed by atoms with Crippen LogP contribution in [-0.2, 0) is 18.3 Å². The monoisotopic (exact) mass is 261 g/mol. The highest BCUT2D eigenvalue weighted by Gasteiger charge is 2.21. The molecule has 0 radical (unpaired) electrons. The second kappa shape index (κ2) is 4.76. The molecular formula is C14H15NO4. The number of nitrogens with zero attached hydrogens (tertiary/aromatic N) is 1. The summed E-state index contributed by atoms with van der Waals surface area (Å²) in [5.74, 6) is -1.96. The molecule has 19 heavy (non-hydrogen) atoms. The van der Waals surface area contributed by atoms with Gasteiger partial charge in [0.25, 0.3) is 0 Å². The minimum Gasteiger partial charge on any atom is -0.481 e. The summed E-state index contributed by atoms with van der Waals surface area (Å²) in [5, 5.41) is 18.9. The molecule has 0 unspecified atom stereocenters. The number of aliphatic carboxylic acids is 1. The fraction of sp³-hybridized carbons (Fsp3) is 0.286. The molecule has 0 saturated heterocycles. The van der Waals surface area contributed by atoms with Crippen molar-refractivity contribution in [1.82, 2.24) is 4.57 Å². The average Bonchev–Trinajstić information content (AvgIpc) is 2.61. The molecule has 1 aromatic carbocycles. The van der Waals surface area contributed by atoms with Gasteiger partial charge in [0.2, 0.25) is 0 Å². The van der Waals surface area contributed by atoms with Crippen molar-refractivity contribution in [3.63, 3.8) is 0 Å². The van der Waals surface area contributed by atoms with E-state index in [4.69, 9.17) is 5.11 Å². The number of aromatic carboxylic acids is 1. The molecule has 0 amide bonds. The maximum Gasteiger partial charge on any atom is 0.352 e. The normalized spacial score (nSPS) is 10.8. The van der Waals surface area contributed by atoms with Gasteiger partial charge in [-0.05, 0) is 24.5 Å². The fourth-order valence-corrected chi connectivity index (χ4v) is 2.55. The molecule has 0 bridgehead atoms. The van der Waals surface area contributed by atoms with Crippen LogP contribution in [0.5, 0.6) is 0 Å². The first-order valence-electron chi connectivity index (χ1n) is 5.95. The van der Waals surface area contributed by atoms with Crippen LogP contribution in [0.3, 0.4) is 0 Å². The summed E-state index contributed by atoms with van der Waals surface area (Å²) in [6, 6.07) is 5.61. The Morgan fingerprint density at radius 3 is 2.53 bits per heavy atom. The van der Waals surface area contributed by atoms with Crippen LogP contribution in [0.4, 0.5) is 0 Å². The number of aryl methyl sites for hydroxylation is 3. The average molecular weight is 261 g/mol. The molecule has 0 aliphatic heterocycles. The molecule has 2 N–H and O–H groups in total. The molecule has 1 aromatic heterocycles. The minimum absolute atomic E-state index is 0.0761. The van der Waals surface area contributed by atoms with E-state index in [1.807, 2.05) is 25.1 Å². The molecule has 0 saturated carbocycles. The molecule has 2 aromatic rings. The number of hydrogen-bond donors (Lipinski definition) is 2. The summed E-state index contributed by atoms with van der Waals surface area (Å²) < 4.78 is 1.63. The van der Waals surface area contributed by atoms with Crippen molar-refractivity contribution in [2.24, 2.45) is 7.05 Å². The quantitative estimate of drug-likeness (QED) is 0.884. The Bertz CT molecular complexity index is 670. The lowest BCUT2D eigenvalue weighted by Gasteiger charge is -2.02. The van der Waals surface area contributed by atoms with Crippen LogP contribution in [0.25, 0.3) is 10.9 Å². The van der Waals surface area contributed by atoms with Crippen LogP contribution in [-0.4, -0.2) is 26.7 Å². The Balaban J connectivity index is 2.71. The van der Waals surface area contributed by atoms with Crippen molar-refractivity contribution < 1.29 is 19.8 Å². The molecule has 5 nitrogen and oxygen atoms in total. The van der Waals surface area contributed by atoms with Crippen LogP contribution >= 0.6 is 0 Å². The van der Waals surface area contributed by atoms with Gasteiger partial charge in [-0.25, -0.2) is 4.79 Å². The SMILES string of the molecule is Cc1cccc2c(CCC(=O)O)c(C(=O)O)n(C)c12. The fourth-order valence-electron chi connectivity index (χ4n) is 2.55. The first-order valence-corrected chi connectivity index (χ1v) is 5.95. The van der Waals surface area contributed by atoms with E-state index < -0.39 is 11.9 Å². The zero-order valence-corrected chi connectivity index (χ0v) is 10.8. The molecule has 2 rings (SSSR count). The predicted octanol–water partition coefficient (Wildman–Crippen LogP) is 2.20. The number of benzene rings is 1. The third kappa shape index (κ3) is 2.19.